The molecule has 70 valence electrons. The fourth-order valence-electron chi connectivity index (χ4n) is 1.04. The third-order valence-electron chi connectivity index (χ3n) is 1.71. The lowest BCUT2D eigenvalue weighted by Crippen LogP contribution is -1.95. The van der Waals surface area contributed by atoms with Gasteiger partial charge in [-0.15, -0.1) is 0 Å². The minimum absolute atomic E-state index is 0.0237. The Morgan fingerprint density at radius 3 is 2.62 bits per heavy atom. The van der Waals surface area contributed by atoms with Crippen LogP contribution in [0.25, 0.3) is 0 Å². The molecule has 0 spiro atoms. The highest BCUT2D eigenvalue weighted by molar-refractivity contribution is 6.31. The lowest BCUT2D eigenvalue weighted by Gasteiger charge is -2.04. The van der Waals surface area contributed by atoms with Crippen LogP contribution in [0.3, 0.4) is 0 Å². The third-order valence-corrected chi connectivity index (χ3v) is 1.93. The van der Waals surface area contributed by atoms with Gasteiger partial charge in [-0.05, 0) is 13.0 Å². The van der Waals surface area contributed by atoms with Crippen LogP contribution in [0.2, 0.25) is 5.02 Å². The van der Waals surface area contributed by atoms with E-state index in [1.54, 1.807) is 13.0 Å². The van der Waals surface area contributed by atoms with Crippen molar-refractivity contribution in [1.29, 1.82) is 0 Å². The summed E-state index contributed by atoms with van der Waals surface area (Å²) < 4.78 is 4.93. The van der Waals surface area contributed by atoms with Crippen LogP contribution in [0, 0.1) is 17.0 Å². The summed E-state index contributed by atoms with van der Waals surface area (Å²) in [4.78, 5) is 10.1. The van der Waals surface area contributed by atoms with Crippen LogP contribution in [-0.2, 0) is 0 Å². The first-order valence-electron chi connectivity index (χ1n) is 3.54. The molecular formula is C8H8ClNO3. The van der Waals surface area contributed by atoms with E-state index in [1.165, 1.54) is 13.2 Å². The van der Waals surface area contributed by atoms with Crippen LogP contribution >= 0.6 is 11.6 Å². The molecule has 0 bridgehead atoms. The van der Waals surface area contributed by atoms with Gasteiger partial charge in [0, 0.05) is 6.07 Å². The molecule has 0 aliphatic rings. The largest absolute Gasteiger partial charge is 0.496 e. The predicted molar refractivity (Wildman–Crippen MR) is 49.4 cm³/mol. The summed E-state index contributed by atoms with van der Waals surface area (Å²) in [5.41, 5.74) is 0.459. The van der Waals surface area contributed by atoms with Crippen molar-refractivity contribution in [2.45, 2.75) is 6.92 Å². The van der Waals surface area contributed by atoms with E-state index >= 15 is 0 Å². The summed E-state index contributed by atoms with van der Waals surface area (Å²) in [6.45, 7) is 1.62. The Hall–Kier alpha value is -1.29. The average Bonchev–Trinajstić information content (AvgIpc) is 2.08. The maximum atomic E-state index is 10.5. The summed E-state index contributed by atoms with van der Waals surface area (Å²) in [5.74, 6) is 0.430. The molecule has 0 radical (unpaired) electrons. The van der Waals surface area contributed by atoms with E-state index in [0.717, 1.165) is 0 Å². The molecule has 0 aromatic heterocycles. The van der Waals surface area contributed by atoms with Crippen LogP contribution in [0.5, 0.6) is 5.75 Å². The van der Waals surface area contributed by atoms with Crippen molar-refractivity contribution in [2.24, 2.45) is 0 Å². The Labute approximate surface area is 80.2 Å². The van der Waals surface area contributed by atoms with Gasteiger partial charge in [0.25, 0.3) is 5.69 Å². The molecule has 1 aromatic rings. The molecule has 0 aliphatic carbocycles. The number of nitrogens with zero attached hydrogens (tertiary/aromatic N) is 1. The molecule has 4 nitrogen and oxygen atoms in total. The number of nitro groups is 1. The first kappa shape index (κ1) is 9.80. The maximum Gasteiger partial charge on any atom is 0.277 e. The molecule has 0 N–H and O–H groups in total. The molecule has 0 unspecified atom stereocenters. The minimum atomic E-state index is -0.482. The standard InChI is InChI=1S/C8H8ClNO3/c1-5-7(10(11)12)3-6(9)4-8(5)13-2/h3-4H,1-2H3. The zero-order chi connectivity index (χ0) is 10.0. The van der Waals surface area contributed by atoms with Crippen LogP contribution < -0.4 is 4.74 Å². The molecule has 1 aromatic carbocycles. The van der Waals surface area contributed by atoms with Crippen LogP contribution in [0.1, 0.15) is 5.56 Å². The summed E-state index contributed by atoms with van der Waals surface area (Å²) in [5, 5.41) is 10.8. The molecule has 0 saturated heterocycles. The normalized spacial score (nSPS) is 9.77. The number of hydrogen-bond acceptors (Lipinski definition) is 3. The number of nitro benzene ring substituents is 1. The Balaban J connectivity index is 3.35. The van der Waals surface area contributed by atoms with Gasteiger partial charge in [-0.1, -0.05) is 11.6 Å². The fraction of sp³-hybridized carbons (Fsp3) is 0.250. The van der Waals surface area contributed by atoms with E-state index in [1.807, 2.05) is 0 Å². The molecule has 0 heterocycles. The molecule has 0 amide bonds. The van der Waals surface area contributed by atoms with Crippen molar-refractivity contribution in [2.75, 3.05) is 7.11 Å². The molecule has 5 heteroatoms. The summed E-state index contributed by atoms with van der Waals surface area (Å²) in [6, 6.07) is 2.85. The summed E-state index contributed by atoms with van der Waals surface area (Å²) in [6.07, 6.45) is 0. The van der Waals surface area contributed by atoms with E-state index in [0.29, 0.717) is 16.3 Å². The molecule has 13 heavy (non-hydrogen) atoms. The zero-order valence-electron chi connectivity index (χ0n) is 7.20. The zero-order valence-corrected chi connectivity index (χ0v) is 7.96. The van der Waals surface area contributed by atoms with Crippen molar-refractivity contribution >= 4 is 17.3 Å². The molecular weight excluding hydrogens is 194 g/mol. The molecule has 0 fully saturated rings. The quantitative estimate of drug-likeness (QED) is 0.546. The van der Waals surface area contributed by atoms with Gasteiger partial charge in [-0.25, -0.2) is 0 Å². The van der Waals surface area contributed by atoms with Crippen molar-refractivity contribution < 1.29 is 9.66 Å². The van der Waals surface area contributed by atoms with Crippen molar-refractivity contribution in [1.82, 2.24) is 0 Å². The fourth-order valence-corrected chi connectivity index (χ4v) is 1.24. The average molecular weight is 202 g/mol. The Morgan fingerprint density at radius 1 is 1.54 bits per heavy atom. The maximum absolute atomic E-state index is 10.5. The van der Waals surface area contributed by atoms with Crippen LogP contribution in [0.15, 0.2) is 12.1 Å². The van der Waals surface area contributed by atoms with E-state index in [-0.39, 0.29) is 5.69 Å². The Bertz CT molecular complexity index is 351. The first-order valence-corrected chi connectivity index (χ1v) is 3.92. The predicted octanol–water partition coefficient (Wildman–Crippen LogP) is 2.57. The lowest BCUT2D eigenvalue weighted by atomic mass is 10.2. The highest BCUT2D eigenvalue weighted by atomic mass is 35.5. The topological polar surface area (TPSA) is 52.4 Å². The van der Waals surface area contributed by atoms with Gasteiger partial charge in [0.1, 0.15) is 5.75 Å². The molecule has 0 aliphatic heterocycles. The van der Waals surface area contributed by atoms with Crippen molar-refractivity contribution in [3.05, 3.63) is 32.8 Å². The van der Waals surface area contributed by atoms with Crippen molar-refractivity contribution in [3.8, 4) is 5.75 Å². The second kappa shape index (κ2) is 3.62. The second-order valence-corrected chi connectivity index (χ2v) is 2.95. The van der Waals surface area contributed by atoms with Gasteiger partial charge in [-0.3, -0.25) is 10.1 Å². The SMILES string of the molecule is COc1cc(Cl)cc([N+](=O)[O-])c1C. The lowest BCUT2D eigenvalue weighted by molar-refractivity contribution is -0.385. The van der Waals surface area contributed by atoms with Gasteiger partial charge < -0.3 is 4.74 Å². The van der Waals surface area contributed by atoms with Gasteiger partial charge in [0.2, 0.25) is 0 Å². The van der Waals surface area contributed by atoms with E-state index in [9.17, 15) is 10.1 Å². The number of hydrogen-bond donors (Lipinski definition) is 0. The van der Waals surface area contributed by atoms with Crippen LogP contribution in [-0.4, -0.2) is 12.0 Å². The van der Waals surface area contributed by atoms with Gasteiger partial charge in [0.15, 0.2) is 0 Å². The number of ether oxygens (including phenoxy) is 1. The van der Waals surface area contributed by atoms with Crippen LogP contribution in [0.4, 0.5) is 5.69 Å². The third kappa shape index (κ3) is 1.89. The minimum Gasteiger partial charge on any atom is -0.496 e. The van der Waals surface area contributed by atoms with Gasteiger partial charge in [-0.2, -0.15) is 0 Å². The summed E-state index contributed by atoms with van der Waals surface area (Å²) >= 11 is 5.66. The highest BCUT2D eigenvalue weighted by Gasteiger charge is 2.15. The Morgan fingerprint density at radius 2 is 2.15 bits per heavy atom. The number of rotatable bonds is 2. The highest BCUT2D eigenvalue weighted by Crippen LogP contribution is 2.31. The first-order chi connectivity index (χ1) is 6.06. The monoisotopic (exact) mass is 201 g/mol. The molecule has 0 saturated carbocycles. The smallest absolute Gasteiger partial charge is 0.277 e. The number of halogens is 1. The van der Waals surface area contributed by atoms with Gasteiger partial charge in [0.05, 0.1) is 22.6 Å². The molecule has 1 rings (SSSR count). The Kier molecular flexibility index (Phi) is 2.72. The number of methoxy groups -OCH3 is 1. The van der Waals surface area contributed by atoms with E-state index in [2.05, 4.69) is 0 Å². The number of benzene rings is 1. The van der Waals surface area contributed by atoms with E-state index in [4.69, 9.17) is 16.3 Å². The van der Waals surface area contributed by atoms with Crippen molar-refractivity contribution in [3.63, 3.8) is 0 Å². The molecule has 0 atom stereocenters. The summed E-state index contributed by atoms with van der Waals surface area (Å²) in [7, 11) is 1.45. The second-order valence-electron chi connectivity index (χ2n) is 2.51. The van der Waals surface area contributed by atoms with Gasteiger partial charge >= 0.3 is 0 Å². The van der Waals surface area contributed by atoms with E-state index < -0.39 is 4.92 Å².